The number of sulfonamides is 1. The molecule has 0 aliphatic heterocycles. The fourth-order valence-corrected chi connectivity index (χ4v) is 4.36. The van der Waals surface area contributed by atoms with E-state index in [9.17, 15) is 23.6 Å². The first-order chi connectivity index (χ1) is 13.2. The van der Waals surface area contributed by atoms with Gasteiger partial charge in [0.05, 0.1) is 15.9 Å². The van der Waals surface area contributed by atoms with Crippen molar-refractivity contribution in [2.45, 2.75) is 31.3 Å². The van der Waals surface area contributed by atoms with Crippen LogP contribution in [0.25, 0.3) is 0 Å². The first-order valence-corrected chi connectivity index (χ1v) is 10.4. The van der Waals surface area contributed by atoms with Crippen molar-refractivity contribution in [1.82, 2.24) is 4.31 Å². The van der Waals surface area contributed by atoms with Crippen molar-refractivity contribution in [3.63, 3.8) is 0 Å². The molecule has 0 saturated carbocycles. The van der Waals surface area contributed by atoms with E-state index in [1.165, 1.54) is 28.6 Å². The standard InChI is InChI=1S/C20H25N2O5S/c1-16(2)14-21(15-19(23)11-8-17-6-4-3-5-7-17)28(26,27)20-12-9-18(10-13-20)22(24)25/h3-7,9-13,16,19,23H,8,14-15H2,1-2H3. The highest BCUT2D eigenvalue weighted by Gasteiger charge is 2.27. The number of nitro groups is 1. The van der Waals surface area contributed by atoms with E-state index in [0.29, 0.717) is 6.42 Å². The number of hydrogen-bond donors (Lipinski definition) is 1. The highest BCUT2D eigenvalue weighted by atomic mass is 32.2. The van der Waals surface area contributed by atoms with Crippen molar-refractivity contribution in [3.05, 3.63) is 76.7 Å². The lowest BCUT2D eigenvalue weighted by Gasteiger charge is -2.26. The molecule has 0 spiro atoms. The Labute approximate surface area is 165 Å². The van der Waals surface area contributed by atoms with Crippen LogP contribution in [0.4, 0.5) is 5.69 Å². The van der Waals surface area contributed by atoms with Gasteiger partial charge in [-0.05, 0) is 36.5 Å². The third-order valence-electron chi connectivity index (χ3n) is 4.11. The number of nitro benzene ring substituents is 1. The first kappa shape index (κ1) is 22.0. The molecule has 1 N–H and O–H groups in total. The quantitative estimate of drug-likeness (QED) is 0.484. The molecular weight excluding hydrogens is 380 g/mol. The van der Waals surface area contributed by atoms with E-state index in [1.54, 1.807) is 6.42 Å². The van der Waals surface area contributed by atoms with Gasteiger partial charge in [0.2, 0.25) is 10.0 Å². The summed E-state index contributed by atoms with van der Waals surface area (Å²) in [6.45, 7) is 3.93. The zero-order valence-electron chi connectivity index (χ0n) is 15.9. The summed E-state index contributed by atoms with van der Waals surface area (Å²) in [5, 5.41) is 21.2. The van der Waals surface area contributed by atoms with E-state index in [2.05, 4.69) is 0 Å². The molecule has 1 atom stereocenters. The molecule has 28 heavy (non-hydrogen) atoms. The molecule has 1 radical (unpaired) electrons. The van der Waals surface area contributed by atoms with Crippen LogP contribution in [0.5, 0.6) is 0 Å². The minimum absolute atomic E-state index is 0.0333. The van der Waals surface area contributed by atoms with E-state index in [-0.39, 0.29) is 29.6 Å². The molecule has 2 aromatic rings. The van der Waals surface area contributed by atoms with Crippen LogP contribution in [0.15, 0.2) is 59.5 Å². The summed E-state index contributed by atoms with van der Waals surface area (Å²) < 4.78 is 27.2. The third kappa shape index (κ3) is 6.12. The average molecular weight is 405 g/mol. The molecule has 0 heterocycles. The molecule has 0 aliphatic rings. The van der Waals surface area contributed by atoms with Crippen LogP contribution in [0.2, 0.25) is 0 Å². The third-order valence-corrected chi connectivity index (χ3v) is 5.96. The summed E-state index contributed by atoms with van der Waals surface area (Å²) in [4.78, 5) is 10.2. The maximum Gasteiger partial charge on any atom is 0.269 e. The minimum Gasteiger partial charge on any atom is -0.391 e. The number of aliphatic hydroxyl groups excluding tert-OH is 1. The van der Waals surface area contributed by atoms with Gasteiger partial charge in [-0.1, -0.05) is 44.2 Å². The fraction of sp³-hybridized carbons (Fsp3) is 0.350. The number of non-ortho nitro benzene ring substituents is 1. The van der Waals surface area contributed by atoms with Crippen LogP contribution < -0.4 is 0 Å². The Kier molecular flexibility index (Phi) is 7.68. The maximum atomic E-state index is 13.0. The molecule has 7 nitrogen and oxygen atoms in total. The molecule has 0 amide bonds. The first-order valence-electron chi connectivity index (χ1n) is 9.00. The number of benzene rings is 2. The topological polar surface area (TPSA) is 101 Å². The predicted molar refractivity (Wildman–Crippen MR) is 107 cm³/mol. The van der Waals surface area contributed by atoms with E-state index in [0.717, 1.165) is 5.56 Å². The van der Waals surface area contributed by atoms with Gasteiger partial charge in [0.15, 0.2) is 0 Å². The summed E-state index contributed by atoms with van der Waals surface area (Å²) in [7, 11) is -3.89. The van der Waals surface area contributed by atoms with E-state index < -0.39 is 21.1 Å². The zero-order valence-corrected chi connectivity index (χ0v) is 16.7. The van der Waals surface area contributed by atoms with Gasteiger partial charge >= 0.3 is 0 Å². The maximum absolute atomic E-state index is 13.0. The molecule has 1 unspecified atom stereocenters. The summed E-state index contributed by atoms with van der Waals surface area (Å²) in [5.41, 5.74) is 0.848. The van der Waals surface area contributed by atoms with Gasteiger partial charge in [0, 0.05) is 25.2 Å². The average Bonchev–Trinajstić information content (AvgIpc) is 2.66. The Morgan fingerprint density at radius 2 is 1.68 bits per heavy atom. The summed E-state index contributed by atoms with van der Waals surface area (Å²) in [6, 6.07) is 14.4. The van der Waals surface area contributed by atoms with Crippen molar-refractivity contribution in [2.24, 2.45) is 5.92 Å². The predicted octanol–water partition coefficient (Wildman–Crippen LogP) is 3.05. The Hall–Kier alpha value is -2.29. The lowest BCUT2D eigenvalue weighted by Crippen LogP contribution is -2.40. The molecule has 0 bridgehead atoms. The molecule has 2 aromatic carbocycles. The number of aliphatic hydroxyl groups is 1. The summed E-state index contributed by atoms with van der Waals surface area (Å²) >= 11 is 0. The molecule has 0 fully saturated rings. The van der Waals surface area contributed by atoms with Crippen LogP contribution >= 0.6 is 0 Å². The van der Waals surface area contributed by atoms with Crippen LogP contribution in [-0.4, -0.2) is 41.9 Å². The minimum atomic E-state index is -3.89. The highest BCUT2D eigenvalue weighted by Crippen LogP contribution is 2.21. The Bertz CT molecular complexity index is 867. The van der Waals surface area contributed by atoms with Crippen molar-refractivity contribution in [1.29, 1.82) is 0 Å². The van der Waals surface area contributed by atoms with Crippen molar-refractivity contribution < 1.29 is 18.4 Å². The molecular formula is C20H25N2O5S. The van der Waals surface area contributed by atoms with Gasteiger partial charge in [-0.25, -0.2) is 8.42 Å². The largest absolute Gasteiger partial charge is 0.391 e. The summed E-state index contributed by atoms with van der Waals surface area (Å²) in [6.07, 6.45) is 1.26. The van der Waals surface area contributed by atoms with Crippen molar-refractivity contribution in [2.75, 3.05) is 13.1 Å². The molecule has 0 saturated heterocycles. The van der Waals surface area contributed by atoms with E-state index in [1.807, 2.05) is 44.2 Å². The zero-order chi connectivity index (χ0) is 20.7. The normalized spacial score (nSPS) is 13.0. The molecule has 0 aliphatic carbocycles. The molecule has 8 heteroatoms. The van der Waals surface area contributed by atoms with Gasteiger partial charge in [0.1, 0.15) is 0 Å². The van der Waals surface area contributed by atoms with Crippen molar-refractivity contribution >= 4 is 15.7 Å². The molecule has 2 rings (SSSR count). The lowest BCUT2D eigenvalue weighted by atomic mass is 10.1. The van der Waals surface area contributed by atoms with Gasteiger partial charge < -0.3 is 5.11 Å². The Morgan fingerprint density at radius 3 is 2.21 bits per heavy atom. The second-order valence-corrected chi connectivity index (χ2v) is 8.90. The molecule has 0 aromatic heterocycles. The summed E-state index contributed by atoms with van der Waals surface area (Å²) in [5.74, 6) is 0.0501. The van der Waals surface area contributed by atoms with Gasteiger partial charge in [0.25, 0.3) is 5.69 Å². The lowest BCUT2D eigenvalue weighted by molar-refractivity contribution is -0.384. The Morgan fingerprint density at radius 1 is 1.07 bits per heavy atom. The number of hydrogen-bond acceptors (Lipinski definition) is 5. The van der Waals surface area contributed by atoms with Crippen LogP contribution in [-0.2, 0) is 16.4 Å². The van der Waals surface area contributed by atoms with Gasteiger partial charge in [-0.3, -0.25) is 10.1 Å². The van der Waals surface area contributed by atoms with E-state index >= 15 is 0 Å². The fourth-order valence-electron chi connectivity index (χ4n) is 2.74. The smallest absolute Gasteiger partial charge is 0.269 e. The number of nitrogens with zero attached hydrogens (tertiary/aromatic N) is 2. The number of rotatable bonds is 10. The van der Waals surface area contributed by atoms with Crippen molar-refractivity contribution in [3.8, 4) is 0 Å². The van der Waals surface area contributed by atoms with Crippen LogP contribution in [0, 0.1) is 22.5 Å². The van der Waals surface area contributed by atoms with Crippen LogP contribution in [0.1, 0.15) is 19.4 Å². The SMILES string of the molecule is CC(C)CN(CC(O)[CH]Cc1ccccc1)S(=O)(=O)c1ccc([N+](=O)[O-])cc1. The van der Waals surface area contributed by atoms with E-state index in [4.69, 9.17) is 0 Å². The van der Waals surface area contributed by atoms with Gasteiger partial charge in [-0.15, -0.1) is 0 Å². The highest BCUT2D eigenvalue weighted by molar-refractivity contribution is 7.89. The second-order valence-electron chi connectivity index (χ2n) is 6.96. The Balaban J connectivity index is 2.13. The monoisotopic (exact) mass is 405 g/mol. The van der Waals surface area contributed by atoms with Crippen LogP contribution in [0.3, 0.4) is 0 Å². The van der Waals surface area contributed by atoms with Gasteiger partial charge in [-0.2, -0.15) is 4.31 Å². The molecule has 151 valence electrons. The second kappa shape index (κ2) is 9.77.